The molecule has 0 aromatic carbocycles. The third-order valence-corrected chi connectivity index (χ3v) is 5.08. The van der Waals surface area contributed by atoms with Gasteiger partial charge in [0, 0.05) is 52.4 Å². The highest BCUT2D eigenvalue weighted by Gasteiger charge is 2.19. The molecule has 6 nitrogen and oxygen atoms in total. The minimum atomic E-state index is -0.707. The van der Waals surface area contributed by atoms with Gasteiger partial charge >= 0.3 is 5.97 Å². The third kappa shape index (κ3) is 7.47. The fraction of sp³-hybridized carbons (Fsp3) is 0.944. The molecule has 2 aliphatic rings. The maximum absolute atomic E-state index is 11.1. The van der Waals surface area contributed by atoms with Crippen LogP contribution in [-0.2, 0) is 4.79 Å². The summed E-state index contributed by atoms with van der Waals surface area (Å²) in [5.41, 5.74) is 0. The van der Waals surface area contributed by atoms with Crippen LogP contribution in [0.2, 0.25) is 0 Å². The Morgan fingerprint density at radius 3 is 1.83 bits per heavy atom. The van der Waals surface area contributed by atoms with Gasteiger partial charge in [0.25, 0.3) is 0 Å². The van der Waals surface area contributed by atoms with E-state index in [1.54, 1.807) is 0 Å². The Labute approximate surface area is 147 Å². The number of aliphatic carboxylic acids is 1. The average Bonchev–Trinajstić information content (AvgIpc) is 2.51. The van der Waals surface area contributed by atoms with E-state index in [2.05, 4.69) is 33.4 Å². The molecule has 0 aromatic rings. The van der Waals surface area contributed by atoms with Crippen LogP contribution >= 0.6 is 0 Å². The van der Waals surface area contributed by atoms with Gasteiger partial charge in [-0.2, -0.15) is 0 Å². The summed E-state index contributed by atoms with van der Waals surface area (Å²) in [7, 11) is 0. The largest absolute Gasteiger partial charge is 0.480 e. The van der Waals surface area contributed by atoms with Crippen molar-refractivity contribution in [3.8, 4) is 0 Å². The van der Waals surface area contributed by atoms with Crippen molar-refractivity contribution in [3.63, 3.8) is 0 Å². The van der Waals surface area contributed by atoms with E-state index in [0.29, 0.717) is 0 Å². The van der Waals surface area contributed by atoms with Gasteiger partial charge in [0.05, 0.1) is 6.54 Å². The van der Waals surface area contributed by atoms with Crippen molar-refractivity contribution >= 4 is 5.97 Å². The molecule has 2 fully saturated rings. The standard InChI is InChI=1S/C18H36N4O2/c1-17(2)15-21-7-3-5-20-10-9-19(11-13-21)6-4-8-22(14-12-20)16-18(23)24/h17H,3-16H2,1-2H3,(H,23,24). The summed E-state index contributed by atoms with van der Waals surface area (Å²) in [6, 6.07) is 0. The van der Waals surface area contributed by atoms with Gasteiger partial charge in [-0.1, -0.05) is 13.8 Å². The lowest BCUT2D eigenvalue weighted by Crippen LogP contribution is -2.47. The van der Waals surface area contributed by atoms with Crippen molar-refractivity contribution in [3.05, 3.63) is 0 Å². The van der Waals surface area contributed by atoms with Gasteiger partial charge in [0.15, 0.2) is 0 Å². The van der Waals surface area contributed by atoms with Crippen LogP contribution < -0.4 is 0 Å². The number of nitrogens with zero attached hydrogens (tertiary/aromatic N) is 4. The molecule has 24 heavy (non-hydrogen) atoms. The highest BCUT2D eigenvalue weighted by atomic mass is 16.4. The molecule has 2 heterocycles. The zero-order valence-corrected chi connectivity index (χ0v) is 15.6. The highest BCUT2D eigenvalue weighted by Crippen LogP contribution is 2.07. The molecule has 0 aliphatic carbocycles. The lowest BCUT2D eigenvalue weighted by Gasteiger charge is -2.36. The first kappa shape index (κ1) is 19.6. The van der Waals surface area contributed by atoms with Crippen molar-refractivity contribution in [1.29, 1.82) is 0 Å². The van der Waals surface area contributed by atoms with Crippen molar-refractivity contribution in [1.82, 2.24) is 19.6 Å². The van der Waals surface area contributed by atoms with Crippen LogP contribution in [-0.4, -0.2) is 109 Å². The Morgan fingerprint density at radius 1 is 0.792 bits per heavy atom. The Kier molecular flexibility index (Phi) is 8.45. The summed E-state index contributed by atoms with van der Waals surface area (Å²) in [4.78, 5) is 20.9. The van der Waals surface area contributed by atoms with Crippen molar-refractivity contribution < 1.29 is 9.90 Å². The van der Waals surface area contributed by atoms with E-state index in [0.717, 1.165) is 71.2 Å². The first-order valence-electron chi connectivity index (χ1n) is 9.64. The summed E-state index contributed by atoms with van der Waals surface area (Å²) >= 11 is 0. The zero-order valence-electron chi connectivity index (χ0n) is 15.6. The van der Waals surface area contributed by atoms with Crippen LogP contribution in [0.5, 0.6) is 0 Å². The summed E-state index contributed by atoms with van der Waals surface area (Å²) in [6.45, 7) is 16.7. The van der Waals surface area contributed by atoms with E-state index in [9.17, 15) is 4.79 Å². The fourth-order valence-electron chi connectivity index (χ4n) is 3.83. The summed E-state index contributed by atoms with van der Waals surface area (Å²) in [5, 5.41) is 9.10. The molecule has 1 N–H and O–H groups in total. The second-order valence-electron chi connectivity index (χ2n) is 7.75. The first-order valence-corrected chi connectivity index (χ1v) is 9.64. The van der Waals surface area contributed by atoms with Crippen LogP contribution in [0.3, 0.4) is 0 Å². The van der Waals surface area contributed by atoms with Crippen LogP contribution in [0.1, 0.15) is 26.7 Å². The van der Waals surface area contributed by atoms with Gasteiger partial charge in [0.2, 0.25) is 0 Å². The smallest absolute Gasteiger partial charge is 0.317 e. The quantitative estimate of drug-likeness (QED) is 0.815. The first-order chi connectivity index (χ1) is 11.5. The minimum Gasteiger partial charge on any atom is -0.480 e. The lowest BCUT2D eigenvalue weighted by molar-refractivity contribution is -0.138. The summed E-state index contributed by atoms with van der Waals surface area (Å²) < 4.78 is 0. The molecule has 2 rings (SSSR count). The van der Waals surface area contributed by atoms with Gasteiger partial charge < -0.3 is 19.8 Å². The lowest BCUT2D eigenvalue weighted by atomic mass is 10.2. The number of fused-ring (bicyclic) bond motifs is 3. The topological polar surface area (TPSA) is 50.3 Å². The predicted octanol–water partition coefficient (Wildman–Crippen LogP) is 0.742. The molecule has 6 heteroatoms. The molecule has 0 radical (unpaired) electrons. The highest BCUT2D eigenvalue weighted by molar-refractivity contribution is 5.69. The Balaban J connectivity index is 1.95. The number of hydrogen-bond acceptors (Lipinski definition) is 5. The van der Waals surface area contributed by atoms with Gasteiger partial charge in [-0.05, 0) is 38.4 Å². The van der Waals surface area contributed by atoms with E-state index in [1.165, 1.54) is 19.5 Å². The molecule has 2 unspecified atom stereocenters. The van der Waals surface area contributed by atoms with Crippen molar-refractivity contribution in [2.45, 2.75) is 26.7 Å². The SMILES string of the molecule is CC(C)CN1CCCN2CCN(CCCN(CC(=O)O)CC2)CC1. The van der Waals surface area contributed by atoms with Gasteiger partial charge in [-0.3, -0.25) is 9.69 Å². The number of carboxylic acids is 1. The maximum atomic E-state index is 11.1. The van der Waals surface area contributed by atoms with Crippen molar-refractivity contribution in [2.24, 2.45) is 5.92 Å². The average molecular weight is 341 g/mol. The molecule has 2 bridgehead atoms. The predicted molar refractivity (Wildman–Crippen MR) is 97.5 cm³/mol. The molecule has 2 aliphatic heterocycles. The molecule has 0 saturated carbocycles. The van der Waals surface area contributed by atoms with E-state index < -0.39 is 5.97 Å². The monoisotopic (exact) mass is 340 g/mol. The molecule has 140 valence electrons. The Morgan fingerprint density at radius 2 is 1.29 bits per heavy atom. The Hall–Kier alpha value is -0.690. The molecule has 0 amide bonds. The molecular formula is C18H36N4O2. The van der Waals surface area contributed by atoms with Crippen LogP contribution in [0.4, 0.5) is 0 Å². The van der Waals surface area contributed by atoms with Crippen LogP contribution in [0.15, 0.2) is 0 Å². The van der Waals surface area contributed by atoms with Crippen molar-refractivity contribution in [2.75, 3.05) is 78.5 Å². The second kappa shape index (κ2) is 10.3. The number of hydrogen-bond donors (Lipinski definition) is 1. The van der Waals surface area contributed by atoms with Gasteiger partial charge in [-0.15, -0.1) is 0 Å². The van der Waals surface area contributed by atoms with E-state index in [-0.39, 0.29) is 6.54 Å². The van der Waals surface area contributed by atoms with Crippen LogP contribution in [0, 0.1) is 5.92 Å². The van der Waals surface area contributed by atoms with Gasteiger partial charge in [-0.25, -0.2) is 0 Å². The van der Waals surface area contributed by atoms with E-state index >= 15 is 0 Å². The normalized spacial score (nSPS) is 28.8. The second-order valence-corrected chi connectivity index (χ2v) is 7.75. The molecular weight excluding hydrogens is 304 g/mol. The fourth-order valence-corrected chi connectivity index (χ4v) is 3.83. The molecule has 2 saturated heterocycles. The minimum absolute atomic E-state index is 0.177. The number of carbonyl (C=O) groups is 1. The zero-order chi connectivity index (χ0) is 17.4. The van der Waals surface area contributed by atoms with Crippen LogP contribution in [0.25, 0.3) is 0 Å². The molecule has 2 atom stereocenters. The molecule has 0 spiro atoms. The Bertz CT molecular complexity index is 378. The summed E-state index contributed by atoms with van der Waals surface area (Å²) in [5.74, 6) is 0.0156. The number of rotatable bonds is 4. The van der Waals surface area contributed by atoms with Gasteiger partial charge in [0.1, 0.15) is 0 Å². The third-order valence-electron chi connectivity index (χ3n) is 5.08. The molecule has 0 aromatic heterocycles. The summed E-state index contributed by atoms with van der Waals surface area (Å²) in [6.07, 6.45) is 2.28. The number of carboxylic acid groups (broad SMARTS) is 1. The van der Waals surface area contributed by atoms with E-state index in [4.69, 9.17) is 5.11 Å². The maximum Gasteiger partial charge on any atom is 0.317 e. The van der Waals surface area contributed by atoms with E-state index in [1.807, 2.05) is 0 Å².